The van der Waals surface area contributed by atoms with Crippen LogP contribution in [0.2, 0.25) is 5.02 Å². The van der Waals surface area contributed by atoms with Crippen LogP contribution >= 0.6 is 27.5 Å². The smallest absolute Gasteiger partial charge is 0.358 e. The van der Waals surface area contributed by atoms with Crippen LogP contribution in [0.1, 0.15) is 17.4 Å². The van der Waals surface area contributed by atoms with Crippen molar-refractivity contribution in [1.82, 2.24) is 9.38 Å². The fraction of sp³-hybridized carbons (Fsp3) is 0.200. The predicted octanol–water partition coefficient (Wildman–Crippen LogP) is 2.93. The first kappa shape index (κ1) is 11.4. The largest absolute Gasteiger partial charge is 0.461 e. The van der Waals surface area contributed by atoms with Gasteiger partial charge in [-0.25, -0.2) is 9.78 Å². The highest BCUT2D eigenvalue weighted by atomic mass is 79.9. The predicted molar refractivity (Wildman–Crippen MR) is 63.9 cm³/mol. The number of carbonyl (C=O) groups is 1. The summed E-state index contributed by atoms with van der Waals surface area (Å²) in [6, 6.07) is 1.67. The highest BCUT2D eigenvalue weighted by Gasteiger charge is 2.12. The number of pyridine rings is 1. The van der Waals surface area contributed by atoms with E-state index < -0.39 is 5.97 Å². The lowest BCUT2D eigenvalue weighted by atomic mass is 10.5. The summed E-state index contributed by atoms with van der Waals surface area (Å²) < 4.78 is 7.31. The van der Waals surface area contributed by atoms with Crippen LogP contribution in [0.25, 0.3) is 5.65 Å². The average molecular weight is 304 g/mol. The number of hydrogen-bond donors (Lipinski definition) is 0. The van der Waals surface area contributed by atoms with Gasteiger partial charge in [-0.3, -0.25) is 0 Å². The SMILES string of the molecule is CCOC(=O)c1cn2cc(Br)c(Cl)cc2n1. The van der Waals surface area contributed by atoms with Crippen LogP contribution in [0.3, 0.4) is 0 Å². The van der Waals surface area contributed by atoms with E-state index in [2.05, 4.69) is 20.9 Å². The maximum atomic E-state index is 11.4. The Kier molecular flexibility index (Phi) is 3.16. The van der Waals surface area contributed by atoms with Crippen molar-refractivity contribution in [1.29, 1.82) is 0 Å². The summed E-state index contributed by atoms with van der Waals surface area (Å²) in [6.45, 7) is 2.08. The van der Waals surface area contributed by atoms with Crippen molar-refractivity contribution >= 4 is 39.1 Å². The number of fused-ring (bicyclic) bond motifs is 1. The van der Waals surface area contributed by atoms with Crippen LogP contribution in [-0.2, 0) is 4.74 Å². The Morgan fingerprint density at radius 2 is 2.38 bits per heavy atom. The molecule has 16 heavy (non-hydrogen) atoms. The third kappa shape index (κ3) is 2.05. The van der Waals surface area contributed by atoms with E-state index in [1.54, 1.807) is 29.8 Å². The minimum absolute atomic E-state index is 0.274. The number of ether oxygens (including phenoxy) is 1. The molecule has 2 aromatic heterocycles. The maximum Gasteiger partial charge on any atom is 0.358 e. The Hall–Kier alpha value is -1.07. The molecule has 0 saturated carbocycles. The van der Waals surface area contributed by atoms with E-state index >= 15 is 0 Å². The number of nitrogens with zero attached hydrogens (tertiary/aromatic N) is 2. The molecule has 0 bridgehead atoms. The van der Waals surface area contributed by atoms with E-state index in [1.165, 1.54) is 0 Å². The third-order valence-electron chi connectivity index (χ3n) is 1.98. The zero-order valence-corrected chi connectivity index (χ0v) is 10.7. The number of imidazole rings is 1. The summed E-state index contributed by atoms with van der Waals surface area (Å²) in [5, 5.41) is 0.550. The van der Waals surface area contributed by atoms with E-state index in [-0.39, 0.29) is 5.69 Å². The second-order valence-corrected chi connectivity index (χ2v) is 4.34. The quantitative estimate of drug-likeness (QED) is 0.801. The van der Waals surface area contributed by atoms with Gasteiger partial charge in [0.1, 0.15) is 5.65 Å². The van der Waals surface area contributed by atoms with Crippen molar-refractivity contribution in [2.75, 3.05) is 6.61 Å². The second-order valence-electron chi connectivity index (χ2n) is 3.08. The monoisotopic (exact) mass is 302 g/mol. The summed E-state index contributed by atoms with van der Waals surface area (Å²) in [5.74, 6) is -0.432. The lowest BCUT2D eigenvalue weighted by Gasteiger charge is -1.96. The standard InChI is InChI=1S/C10H8BrClN2O2/c1-2-16-10(15)8-5-14-4-6(11)7(12)3-9(14)13-8/h3-5H,2H2,1H3. The van der Waals surface area contributed by atoms with Gasteiger partial charge < -0.3 is 9.14 Å². The summed E-state index contributed by atoms with van der Waals surface area (Å²) in [7, 11) is 0. The van der Waals surface area contributed by atoms with Gasteiger partial charge in [-0.2, -0.15) is 0 Å². The Bertz CT molecular complexity index is 514. The number of hydrogen-bond acceptors (Lipinski definition) is 3. The van der Waals surface area contributed by atoms with Crippen molar-refractivity contribution < 1.29 is 9.53 Å². The molecule has 2 heterocycles. The molecule has 0 aliphatic heterocycles. The van der Waals surface area contributed by atoms with Gasteiger partial charge in [0.2, 0.25) is 0 Å². The van der Waals surface area contributed by atoms with Gasteiger partial charge in [-0.15, -0.1) is 0 Å². The van der Waals surface area contributed by atoms with Crippen LogP contribution in [0, 0.1) is 0 Å². The Labute approximate surface area is 105 Å². The number of carbonyl (C=O) groups excluding carboxylic acids is 1. The number of aromatic nitrogens is 2. The van der Waals surface area contributed by atoms with Gasteiger partial charge in [-0.1, -0.05) is 11.6 Å². The highest BCUT2D eigenvalue weighted by Crippen LogP contribution is 2.23. The summed E-state index contributed by atoms with van der Waals surface area (Å²) in [6.07, 6.45) is 3.35. The maximum absolute atomic E-state index is 11.4. The van der Waals surface area contributed by atoms with Gasteiger partial charge in [-0.05, 0) is 22.9 Å². The highest BCUT2D eigenvalue weighted by molar-refractivity contribution is 9.10. The fourth-order valence-electron chi connectivity index (χ4n) is 1.29. The molecule has 4 nitrogen and oxygen atoms in total. The molecule has 0 unspecified atom stereocenters. The molecule has 0 amide bonds. The zero-order chi connectivity index (χ0) is 11.7. The van der Waals surface area contributed by atoms with Crippen molar-refractivity contribution in [3.8, 4) is 0 Å². The average Bonchev–Trinajstić information content (AvgIpc) is 2.62. The van der Waals surface area contributed by atoms with E-state index in [9.17, 15) is 4.79 Å². The fourth-order valence-corrected chi connectivity index (χ4v) is 1.77. The summed E-state index contributed by atoms with van der Waals surface area (Å²) >= 11 is 9.22. The van der Waals surface area contributed by atoms with Crippen LogP contribution < -0.4 is 0 Å². The van der Waals surface area contributed by atoms with E-state index in [0.29, 0.717) is 17.3 Å². The first-order valence-corrected chi connectivity index (χ1v) is 5.79. The van der Waals surface area contributed by atoms with Gasteiger partial charge >= 0.3 is 5.97 Å². The molecule has 84 valence electrons. The Balaban J connectivity index is 2.48. The van der Waals surface area contributed by atoms with Gasteiger partial charge in [0, 0.05) is 18.5 Å². The number of rotatable bonds is 2. The molecule has 2 aromatic rings. The van der Waals surface area contributed by atoms with Gasteiger partial charge in [0.05, 0.1) is 16.1 Å². The van der Waals surface area contributed by atoms with E-state index in [4.69, 9.17) is 16.3 Å². The molecule has 6 heteroatoms. The van der Waals surface area contributed by atoms with Gasteiger partial charge in [0.15, 0.2) is 5.69 Å². The van der Waals surface area contributed by atoms with Crippen LogP contribution in [0.4, 0.5) is 0 Å². The van der Waals surface area contributed by atoms with Crippen LogP contribution in [-0.4, -0.2) is 22.0 Å². The Morgan fingerprint density at radius 3 is 3.06 bits per heavy atom. The molecule has 0 fully saturated rings. The normalized spacial score (nSPS) is 10.7. The molecule has 0 aromatic carbocycles. The van der Waals surface area contributed by atoms with Crippen LogP contribution in [0.15, 0.2) is 22.9 Å². The molecular formula is C10H8BrClN2O2. The first-order valence-electron chi connectivity index (χ1n) is 4.62. The second kappa shape index (κ2) is 4.43. The summed E-state index contributed by atoms with van der Waals surface area (Å²) in [4.78, 5) is 15.6. The topological polar surface area (TPSA) is 43.6 Å². The van der Waals surface area contributed by atoms with Crippen molar-refractivity contribution in [2.24, 2.45) is 0 Å². The summed E-state index contributed by atoms with van der Waals surface area (Å²) in [5.41, 5.74) is 0.882. The number of esters is 1. The van der Waals surface area contributed by atoms with Crippen LogP contribution in [0.5, 0.6) is 0 Å². The molecule has 0 N–H and O–H groups in total. The molecule has 0 saturated heterocycles. The van der Waals surface area contributed by atoms with Gasteiger partial charge in [0.25, 0.3) is 0 Å². The van der Waals surface area contributed by atoms with E-state index in [0.717, 1.165) is 4.47 Å². The molecular weight excluding hydrogens is 295 g/mol. The number of halogens is 2. The third-order valence-corrected chi connectivity index (χ3v) is 3.15. The minimum Gasteiger partial charge on any atom is -0.461 e. The van der Waals surface area contributed by atoms with E-state index in [1.807, 2.05) is 0 Å². The zero-order valence-electron chi connectivity index (χ0n) is 8.41. The van der Waals surface area contributed by atoms with Crippen molar-refractivity contribution in [3.63, 3.8) is 0 Å². The molecule has 0 atom stereocenters. The van der Waals surface area contributed by atoms with Crippen molar-refractivity contribution in [2.45, 2.75) is 6.92 Å². The molecule has 0 spiro atoms. The van der Waals surface area contributed by atoms with Crippen molar-refractivity contribution in [3.05, 3.63) is 33.6 Å². The molecule has 0 aliphatic carbocycles. The molecule has 0 aliphatic rings. The lowest BCUT2D eigenvalue weighted by Crippen LogP contribution is -2.04. The molecule has 2 rings (SSSR count). The Morgan fingerprint density at radius 1 is 1.62 bits per heavy atom. The first-order chi connectivity index (χ1) is 7.61. The molecule has 0 radical (unpaired) electrons. The minimum atomic E-state index is -0.432. The lowest BCUT2D eigenvalue weighted by molar-refractivity contribution is 0.0520.